The number of carbonyl (C=O) groups excluding carboxylic acids is 1. The number of phenols is 1. The van der Waals surface area contributed by atoms with E-state index in [1.54, 1.807) is 11.0 Å². The smallest absolute Gasteiger partial charge is 0.257 e. The maximum absolute atomic E-state index is 12.2. The molecule has 1 saturated heterocycles. The monoisotopic (exact) mass is 249 g/mol. The van der Waals surface area contributed by atoms with Crippen LogP contribution in [-0.2, 0) is 0 Å². The lowest BCUT2D eigenvalue weighted by Gasteiger charge is -2.21. The number of hydrogen-bond acceptors (Lipinski definition) is 4. The summed E-state index contributed by atoms with van der Waals surface area (Å²) < 4.78 is 10.8. The Morgan fingerprint density at radius 1 is 1.11 bits per heavy atom. The van der Waals surface area contributed by atoms with Gasteiger partial charge in [-0.15, -0.1) is 0 Å². The SMILES string of the molecule is O=C(c1cc2c(cc1O)OCCO2)N1CCCC1. The standard InChI is InChI=1S/C13H15NO4/c15-10-8-12-11(17-5-6-18-12)7-9(10)13(16)14-3-1-2-4-14/h7-8,15H,1-6H2. The Balaban J connectivity index is 1.93. The van der Waals surface area contributed by atoms with Crippen LogP contribution in [0.3, 0.4) is 0 Å². The third-order valence-corrected chi connectivity index (χ3v) is 3.28. The number of rotatable bonds is 1. The maximum atomic E-state index is 12.2. The van der Waals surface area contributed by atoms with Crippen molar-refractivity contribution in [2.45, 2.75) is 12.8 Å². The molecule has 96 valence electrons. The fourth-order valence-corrected chi connectivity index (χ4v) is 2.34. The van der Waals surface area contributed by atoms with Crippen LogP contribution >= 0.6 is 0 Å². The van der Waals surface area contributed by atoms with E-state index >= 15 is 0 Å². The van der Waals surface area contributed by atoms with Gasteiger partial charge in [0.15, 0.2) is 11.5 Å². The van der Waals surface area contributed by atoms with Gasteiger partial charge in [-0.3, -0.25) is 4.79 Å². The largest absolute Gasteiger partial charge is 0.507 e. The molecule has 18 heavy (non-hydrogen) atoms. The van der Waals surface area contributed by atoms with Gasteiger partial charge < -0.3 is 19.5 Å². The molecule has 1 fully saturated rings. The molecule has 0 aliphatic carbocycles. The van der Waals surface area contributed by atoms with Crippen LogP contribution in [0.25, 0.3) is 0 Å². The molecule has 0 unspecified atom stereocenters. The highest BCUT2D eigenvalue weighted by molar-refractivity contribution is 5.97. The van der Waals surface area contributed by atoms with E-state index in [0.717, 1.165) is 25.9 Å². The van der Waals surface area contributed by atoms with Gasteiger partial charge in [0.2, 0.25) is 0 Å². The molecule has 5 nitrogen and oxygen atoms in total. The summed E-state index contributed by atoms with van der Waals surface area (Å²) in [5, 5.41) is 9.91. The molecule has 2 aliphatic rings. The number of fused-ring (bicyclic) bond motifs is 1. The second kappa shape index (κ2) is 4.40. The summed E-state index contributed by atoms with van der Waals surface area (Å²) in [5.41, 5.74) is 0.293. The maximum Gasteiger partial charge on any atom is 0.257 e. The lowest BCUT2D eigenvalue weighted by atomic mass is 10.1. The number of nitrogens with zero attached hydrogens (tertiary/aromatic N) is 1. The van der Waals surface area contributed by atoms with Gasteiger partial charge >= 0.3 is 0 Å². The zero-order valence-corrected chi connectivity index (χ0v) is 10.0. The van der Waals surface area contributed by atoms with E-state index in [1.165, 1.54) is 6.07 Å². The van der Waals surface area contributed by atoms with Crippen molar-refractivity contribution in [3.05, 3.63) is 17.7 Å². The molecule has 0 saturated carbocycles. The summed E-state index contributed by atoms with van der Waals surface area (Å²) >= 11 is 0. The summed E-state index contributed by atoms with van der Waals surface area (Å²) in [6, 6.07) is 3.03. The Hall–Kier alpha value is -1.91. The first-order valence-electron chi connectivity index (χ1n) is 6.17. The molecule has 1 aromatic rings. The number of carbonyl (C=O) groups is 1. The second-order valence-electron chi connectivity index (χ2n) is 4.51. The van der Waals surface area contributed by atoms with Crippen LogP contribution in [0.15, 0.2) is 12.1 Å². The molecule has 1 amide bonds. The second-order valence-corrected chi connectivity index (χ2v) is 4.51. The Bertz CT molecular complexity index is 480. The summed E-state index contributed by atoms with van der Waals surface area (Å²) in [6.07, 6.45) is 2.05. The molecule has 0 spiro atoms. The molecule has 1 N–H and O–H groups in total. The normalized spacial score (nSPS) is 17.9. The summed E-state index contributed by atoms with van der Waals surface area (Å²) in [7, 11) is 0. The molecule has 0 radical (unpaired) electrons. The molecule has 3 rings (SSSR count). The van der Waals surface area contributed by atoms with Gasteiger partial charge in [0.1, 0.15) is 19.0 Å². The highest BCUT2D eigenvalue weighted by atomic mass is 16.6. The van der Waals surface area contributed by atoms with Crippen molar-refractivity contribution in [1.82, 2.24) is 4.90 Å². The highest BCUT2D eigenvalue weighted by Gasteiger charge is 2.25. The summed E-state index contributed by atoms with van der Waals surface area (Å²) in [5.74, 6) is 0.844. The zero-order chi connectivity index (χ0) is 12.5. The minimum absolute atomic E-state index is 0.0452. The van der Waals surface area contributed by atoms with Crippen molar-refractivity contribution in [3.8, 4) is 17.2 Å². The van der Waals surface area contributed by atoms with E-state index in [4.69, 9.17) is 9.47 Å². The van der Waals surface area contributed by atoms with Crippen molar-refractivity contribution in [2.75, 3.05) is 26.3 Å². The van der Waals surface area contributed by atoms with E-state index in [9.17, 15) is 9.90 Å². The summed E-state index contributed by atoms with van der Waals surface area (Å²) in [4.78, 5) is 14.0. The predicted octanol–water partition coefficient (Wildman–Crippen LogP) is 1.40. The summed E-state index contributed by atoms with van der Waals surface area (Å²) in [6.45, 7) is 2.44. The Morgan fingerprint density at radius 3 is 2.39 bits per heavy atom. The number of amides is 1. The third-order valence-electron chi connectivity index (χ3n) is 3.28. The van der Waals surface area contributed by atoms with Crippen LogP contribution in [-0.4, -0.2) is 42.2 Å². The first-order chi connectivity index (χ1) is 8.75. The molecule has 2 heterocycles. The van der Waals surface area contributed by atoms with E-state index in [1.807, 2.05) is 0 Å². The topological polar surface area (TPSA) is 59.0 Å². The van der Waals surface area contributed by atoms with Crippen molar-refractivity contribution >= 4 is 5.91 Å². The van der Waals surface area contributed by atoms with Gasteiger partial charge in [-0.2, -0.15) is 0 Å². The van der Waals surface area contributed by atoms with Crippen LogP contribution in [0.4, 0.5) is 0 Å². The molecule has 1 aromatic carbocycles. The van der Waals surface area contributed by atoms with Crippen LogP contribution in [0.5, 0.6) is 17.2 Å². The molecule has 2 aliphatic heterocycles. The Labute approximate surface area is 105 Å². The van der Waals surface area contributed by atoms with E-state index < -0.39 is 0 Å². The number of likely N-dealkylation sites (tertiary alicyclic amines) is 1. The minimum Gasteiger partial charge on any atom is -0.507 e. The lowest BCUT2D eigenvalue weighted by Crippen LogP contribution is -2.28. The van der Waals surface area contributed by atoms with Crippen molar-refractivity contribution in [2.24, 2.45) is 0 Å². The van der Waals surface area contributed by atoms with Crippen molar-refractivity contribution in [1.29, 1.82) is 0 Å². The fraction of sp³-hybridized carbons (Fsp3) is 0.462. The Morgan fingerprint density at radius 2 is 1.72 bits per heavy atom. The zero-order valence-electron chi connectivity index (χ0n) is 10.0. The lowest BCUT2D eigenvalue weighted by molar-refractivity contribution is 0.0788. The van der Waals surface area contributed by atoms with Gasteiger partial charge in [-0.05, 0) is 12.8 Å². The van der Waals surface area contributed by atoms with Gasteiger partial charge in [-0.1, -0.05) is 0 Å². The first-order valence-corrected chi connectivity index (χ1v) is 6.17. The molecule has 0 bridgehead atoms. The number of ether oxygens (including phenoxy) is 2. The highest BCUT2D eigenvalue weighted by Crippen LogP contribution is 2.36. The number of aromatic hydroxyl groups is 1. The quantitative estimate of drug-likeness (QED) is 0.817. The van der Waals surface area contributed by atoms with Gasteiger partial charge in [-0.25, -0.2) is 0 Å². The average molecular weight is 249 g/mol. The third kappa shape index (κ3) is 1.85. The van der Waals surface area contributed by atoms with E-state index in [-0.39, 0.29) is 11.7 Å². The first kappa shape index (κ1) is 11.2. The van der Waals surface area contributed by atoms with Crippen LogP contribution in [0, 0.1) is 0 Å². The van der Waals surface area contributed by atoms with E-state index in [0.29, 0.717) is 30.3 Å². The van der Waals surface area contributed by atoms with Gasteiger partial charge in [0, 0.05) is 25.2 Å². The number of phenolic OH excluding ortho intramolecular Hbond substituents is 1. The average Bonchev–Trinajstić information content (AvgIpc) is 2.91. The molecule has 5 heteroatoms. The predicted molar refractivity (Wildman–Crippen MR) is 64.2 cm³/mol. The van der Waals surface area contributed by atoms with Crippen LogP contribution in [0.1, 0.15) is 23.2 Å². The van der Waals surface area contributed by atoms with Crippen LogP contribution < -0.4 is 9.47 Å². The molecule has 0 atom stereocenters. The molecule has 0 aromatic heterocycles. The Kier molecular flexibility index (Phi) is 2.74. The van der Waals surface area contributed by atoms with Crippen molar-refractivity contribution in [3.63, 3.8) is 0 Å². The number of benzene rings is 1. The van der Waals surface area contributed by atoms with Gasteiger partial charge in [0.25, 0.3) is 5.91 Å². The minimum atomic E-state index is -0.137. The van der Waals surface area contributed by atoms with Crippen LogP contribution in [0.2, 0.25) is 0 Å². The number of hydrogen-bond donors (Lipinski definition) is 1. The molecular weight excluding hydrogens is 234 g/mol. The van der Waals surface area contributed by atoms with Gasteiger partial charge in [0.05, 0.1) is 5.56 Å². The van der Waals surface area contributed by atoms with E-state index in [2.05, 4.69) is 0 Å². The molecular formula is C13H15NO4. The van der Waals surface area contributed by atoms with Crippen molar-refractivity contribution < 1.29 is 19.4 Å². The fourth-order valence-electron chi connectivity index (χ4n) is 2.34.